The van der Waals surface area contributed by atoms with Crippen molar-refractivity contribution in [2.75, 3.05) is 0 Å². The molecule has 2 aromatic rings. The third-order valence-corrected chi connectivity index (χ3v) is 4.41. The average molecular weight is 367 g/mol. The van der Waals surface area contributed by atoms with Crippen molar-refractivity contribution >= 4 is 12.4 Å². The van der Waals surface area contributed by atoms with Gasteiger partial charge in [-0.1, -0.05) is 6.07 Å². The van der Waals surface area contributed by atoms with Crippen molar-refractivity contribution < 1.29 is 19.4 Å². The lowest BCUT2D eigenvalue weighted by Gasteiger charge is -2.18. The summed E-state index contributed by atoms with van der Waals surface area (Å²) in [5, 5.41) is 24.2. The van der Waals surface area contributed by atoms with Crippen LogP contribution in [0.2, 0.25) is 0 Å². The number of aliphatic hydroxyl groups excluding tert-OH is 1. The molecule has 1 heterocycles. The number of benzene rings is 1. The van der Waals surface area contributed by atoms with Gasteiger partial charge in [0.1, 0.15) is 18.0 Å². The second-order valence-corrected chi connectivity index (χ2v) is 7.69. The fourth-order valence-corrected chi connectivity index (χ4v) is 3.22. The van der Waals surface area contributed by atoms with Crippen LogP contribution in [0.1, 0.15) is 54.8 Å². The molecule has 0 aliphatic heterocycles. The second kappa shape index (κ2) is 6.97. The number of hydrogen-bond donors (Lipinski definition) is 1. The van der Waals surface area contributed by atoms with Crippen LogP contribution in [0.3, 0.4) is 0 Å². The summed E-state index contributed by atoms with van der Waals surface area (Å²) >= 11 is 0. The van der Waals surface area contributed by atoms with Crippen LogP contribution < -0.4 is 0 Å². The zero-order valence-electron chi connectivity index (χ0n) is 15.5. The van der Waals surface area contributed by atoms with Gasteiger partial charge in [-0.15, -0.1) is 0 Å². The van der Waals surface area contributed by atoms with E-state index in [9.17, 15) is 20.0 Å². The summed E-state index contributed by atoms with van der Waals surface area (Å²) in [4.78, 5) is 23.2. The molecule has 0 amide bonds. The highest BCUT2D eigenvalue weighted by Crippen LogP contribution is 2.32. The lowest BCUT2D eigenvalue weighted by molar-refractivity contribution is -0.110. The highest BCUT2D eigenvalue weighted by Gasteiger charge is 2.27. The van der Waals surface area contributed by atoms with E-state index in [1.165, 1.54) is 12.3 Å². The highest BCUT2D eigenvalue weighted by atomic mass is 16.6. The molecule has 1 aromatic carbocycles. The van der Waals surface area contributed by atoms with E-state index in [1.54, 1.807) is 32.9 Å². The van der Waals surface area contributed by atoms with Gasteiger partial charge in [0.05, 0.1) is 17.3 Å². The van der Waals surface area contributed by atoms with Gasteiger partial charge >= 0.3 is 6.09 Å². The Hall–Kier alpha value is -2.98. The van der Waals surface area contributed by atoms with Crippen molar-refractivity contribution in [1.29, 1.82) is 5.26 Å². The summed E-state index contributed by atoms with van der Waals surface area (Å²) in [7, 11) is 0. The molecule has 0 bridgehead atoms. The molecule has 2 atom stereocenters. The number of nitriles is 1. The second-order valence-electron chi connectivity index (χ2n) is 7.69. The molecule has 1 aliphatic rings. The van der Waals surface area contributed by atoms with E-state index >= 15 is 0 Å². The number of rotatable bonds is 3. The summed E-state index contributed by atoms with van der Waals surface area (Å²) in [6.45, 7) is 5.26. The van der Waals surface area contributed by atoms with E-state index in [1.807, 2.05) is 0 Å². The zero-order valence-corrected chi connectivity index (χ0v) is 15.5. The summed E-state index contributed by atoms with van der Waals surface area (Å²) < 4.78 is 6.28. The van der Waals surface area contributed by atoms with E-state index in [2.05, 4.69) is 11.2 Å². The number of aromatic nitrogens is 2. The molecule has 3 rings (SSSR count). The Morgan fingerprint density at radius 2 is 2.19 bits per heavy atom. The number of nitrogens with zero attached hydrogens (tertiary/aromatic N) is 3. The first-order chi connectivity index (χ1) is 12.7. The Labute approximate surface area is 157 Å². The van der Waals surface area contributed by atoms with Crippen LogP contribution in [0.4, 0.5) is 4.79 Å². The molecule has 0 saturated heterocycles. The average Bonchev–Trinajstić information content (AvgIpc) is 3.25. The molecule has 27 heavy (non-hydrogen) atoms. The largest absolute Gasteiger partial charge is 0.442 e. The Kier molecular flexibility index (Phi) is 4.85. The fourth-order valence-electron chi connectivity index (χ4n) is 3.22. The number of ether oxygens (including phenoxy) is 1. The van der Waals surface area contributed by atoms with Crippen molar-refractivity contribution in [3.05, 3.63) is 52.3 Å². The molecule has 1 N–H and O–H groups in total. The predicted molar refractivity (Wildman–Crippen MR) is 96.0 cm³/mol. The van der Waals surface area contributed by atoms with Gasteiger partial charge in [-0.3, -0.25) is 0 Å². The third-order valence-electron chi connectivity index (χ3n) is 4.41. The van der Waals surface area contributed by atoms with Crippen molar-refractivity contribution in [1.82, 2.24) is 9.78 Å². The number of aliphatic hydroxyl groups is 1. The molecule has 0 radical (unpaired) electrons. The van der Waals surface area contributed by atoms with E-state index in [-0.39, 0.29) is 11.6 Å². The van der Waals surface area contributed by atoms with Crippen LogP contribution in [0, 0.1) is 17.2 Å². The smallest absolute Gasteiger partial charge is 0.435 e. The van der Waals surface area contributed by atoms with Crippen LogP contribution in [-0.4, -0.2) is 32.9 Å². The lowest BCUT2D eigenvalue weighted by atomic mass is 9.96. The Balaban J connectivity index is 1.87. The molecule has 0 fully saturated rings. The zero-order chi connectivity index (χ0) is 19.8. The normalized spacial score (nSPS) is 17.1. The van der Waals surface area contributed by atoms with Crippen LogP contribution in [-0.2, 0) is 22.4 Å². The molecule has 140 valence electrons. The third kappa shape index (κ3) is 3.91. The van der Waals surface area contributed by atoms with Gasteiger partial charge in [0, 0.05) is 12.1 Å². The maximum atomic E-state index is 12.1. The number of carbonyl (C=O) groups is 2. The topological polar surface area (TPSA) is 105 Å². The molecule has 0 saturated carbocycles. The number of aldehydes is 1. The first-order valence-electron chi connectivity index (χ1n) is 8.70. The predicted octanol–water partition coefficient (Wildman–Crippen LogP) is 2.53. The van der Waals surface area contributed by atoms with E-state index < -0.39 is 17.8 Å². The first-order valence-corrected chi connectivity index (χ1v) is 8.70. The van der Waals surface area contributed by atoms with E-state index in [0.717, 1.165) is 22.1 Å². The summed E-state index contributed by atoms with van der Waals surface area (Å²) in [5.41, 5.74) is 2.34. The van der Waals surface area contributed by atoms with Crippen molar-refractivity contribution in [3.63, 3.8) is 0 Å². The monoisotopic (exact) mass is 367 g/mol. The van der Waals surface area contributed by atoms with E-state index in [4.69, 9.17) is 4.74 Å². The van der Waals surface area contributed by atoms with Crippen molar-refractivity contribution in [2.24, 2.45) is 5.92 Å². The van der Waals surface area contributed by atoms with E-state index in [0.29, 0.717) is 24.0 Å². The van der Waals surface area contributed by atoms with Crippen LogP contribution in [0.15, 0.2) is 24.4 Å². The van der Waals surface area contributed by atoms with Crippen molar-refractivity contribution in [3.8, 4) is 6.07 Å². The standard InChI is InChI=1S/C20H21N3O4/c1-20(2,3)27-19(26)23-5-4-17(22-23)18(25)14-8-13-6-12(11-24)7-16(13)15(9-14)10-21/h4-5,8-9,11-12,18,25H,6-7H2,1-3H3. The maximum Gasteiger partial charge on any atom is 0.435 e. The van der Waals surface area contributed by atoms with Gasteiger partial charge in [-0.05, 0) is 62.4 Å². The molecule has 1 aliphatic carbocycles. The first kappa shape index (κ1) is 18.8. The summed E-state index contributed by atoms with van der Waals surface area (Å²) in [6, 6.07) is 7.09. The molecule has 7 heteroatoms. The number of hydrogen-bond acceptors (Lipinski definition) is 6. The maximum absolute atomic E-state index is 12.1. The van der Waals surface area contributed by atoms with Gasteiger partial charge in [0.2, 0.25) is 0 Å². The molecular formula is C20H21N3O4. The molecule has 2 unspecified atom stereocenters. The quantitative estimate of drug-likeness (QED) is 0.836. The molecular weight excluding hydrogens is 346 g/mol. The van der Waals surface area contributed by atoms with Crippen LogP contribution >= 0.6 is 0 Å². The van der Waals surface area contributed by atoms with Crippen LogP contribution in [0.5, 0.6) is 0 Å². The number of carbonyl (C=O) groups excluding carboxylic acids is 2. The van der Waals surface area contributed by atoms with Gasteiger partial charge in [-0.25, -0.2) is 4.79 Å². The van der Waals surface area contributed by atoms with Gasteiger partial charge in [0.15, 0.2) is 0 Å². The molecule has 7 nitrogen and oxygen atoms in total. The Morgan fingerprint density at radius 1 is 1.44 bits per heavy atom. The highest BCUT2D eigenvalue weighted by molar-refractivity contribution is 5.69. The van der Waals surface area contributed by atoms with Crippen molar-refractivity contribution in [2.45, 2.75) is 45.3 Å². The minimum atomic E-state index is -1.10. The van der Waals surface area contributed by atoms with Gasteiger partial charge in [0.25, 0.3) is 0 Å². The minimum Gasteiger partial charge on any atom is -0.442 e. The SMILES string of the molecule is CC(C)(C)OC(=O)n1ccc(C(O)c2cc(C#N)c3c(c2)CC(C=O)C3)n1. The summed E-state index contributed by atoms with van der Waals surface area (Å²) in [5.74, 6) is -0.133. The molecule has 1 aromatic heterocycles. The van der Waals surface area contributed by atoms with Gasteiger partial charge < -0.3 is 14.6 Å². The molecule has 0 spiro atoms. The minimum absolute atomic E-state index is 0.133. The lowest BCUT2D eigenvalue weighted by Crippen LogP contribution is -2.27. The van der Waals surface area contributed by atoms with Crippen LogP contribution in [0.25, 0.3) is 0 Å². The number of fused-ring (bicyclic) bond motifs is 1. The Bertz CT molecular complexity index is 934. The fraction of sp³-hybridized carbons (Fsp3) is 0.400. The Morgan fingerprint density at radius 3 is 2.81 bits per heavy atom. The van der Waals surface area contributed by atoms with Gasteiger partial charge in [-0.2, -0.15) is 15.0 Å². The summed E-state index contributed by atoms with van der Waals surface area (Å²) in [6.07, 6.45) is 1.70.